The predicted octanol–water partition coefficient (Wildman–Crippen LogP) is -0.529. The van der Waals surface area contributed by atoms with Gasteiger partial charge in [0, 0.05) is 13.0 Å². The highest BCUT2D eigenvalue weighted by Gasteiger charge is 2.19. The van der Waals surface area contributed by atoms with Crippen LogP contribution in [0.5, 0.6) is 0 Å². The molecule has 0 bridgehead atoms. The van der Waals surface area contributed by atoms with Crippen LogP contribution in [0.15, 0.2) is 0 Å². The van der Waals surface area contributed by atoms with Crippen LogP contribution in [-0.4, -0.2) is 19.0 Å². The lowest BCUT2D eigenvalue weighted by Crippen LogP contribution is -2.14. The van der Waals surface area contributed by atoms with Crippen LogP contribution in [0.3, 0.4) is 0 Å². The Kier molecular flexibility index (Phi) is 2.05. The van der Waals surface area contributed by atoms with Gasteiger partial charge in [-0.25, -0.2) is 0 Å². The summed E-state index contributed by atoms with van der Waals surface area (Å²) in [6.07, 6.45) is 1.65. The molecule has 0 aromatic heterocycles. The molecule has 1 aliphatic rings. The van der Waals surface area contributed by atoms with Gasteiger partial charge >= 0.3 is 0 Å². The van der Waals surface area contributed by atoms with Gasteiger partial charge in [-0.15, -0.1) is 0 Å². The monoisotopic (exact) mass is 128 g/mol. The van der Waals surface area contributed by atoms with Crippen LogP contribution in [-0.2, 0) is 4.79 Å². The van der Waals surface area contributed by atoms with E-state index in [9.17, 15) is 4.79 Å². The minimum Gasteiger partial charge on any atom is -0.356 e. The molecule has 1 aliphatic heterocycles. The molecule has 3 heteroatoms. The molecule has 0 spiro atoms. The second-order valence-electron chi connectivity index (χ2n) is 2.45. The predicted molar refractivity (Wildman–Crippen MR) is 34.8 cm³/mol. The highest BCUT2D eigenvalue weighted by Crippen LogP contribution is 2.11. The van der Waals surface area contributed by atoms with Crippen LogP contribution in [0.4, 0.5) is 0 Å². The third-order valence-electron chi connectivity index (χ3n) is 1.64. The number of carbonyl (C=O) groups excluding carboxylic acids is 1. The molecule has 1 heterocycles. The highest BCUT2D eigenvalue weighted by atomic mass is 16.1. The quantitative estimate of drug-likeness (QED) is 0.525. The lowest BCUT2D eigenvalue weighted by molar-refractivity contribution is -0.119. The first-order valence-corrected chi connectivity index (χ1v) is 3.29. The first-order valence-electron chi connectivity index (χ1n) is 3.29. The van der Waals surface area contributed by atoms with Gasteiger partial charge in [0.05, 0.1) is 0 Å². The normalized spacial score (nSPS) is 26.3. The van der Waals surface area contributed by atoms with Crippen LogP contribution in [0, 0.1) is 5.92 Å². The summed E-state index contributed by atoms with van der Waals surface area (Å²) in [4.78, 5) is 10.6. The zero-order valence-electron chi connectivity index (χ0n) is 5.39. The van der Waals surface area contributed by atoms with Crippen molar-refractivity contribution >= 4 is 5.91 Å². The lowest BCUT2D eigenvalue weighted by Gasteiger charge is -2.01. The third-order valence-corrected chi connectivity index (χ3v) is 1.64. The smallest absolute Gasteiger partial charge is 0.220 e. The summed E-state index contributed by atoms with van der Waals surface area (Å²) in [5.41, 5.74) is 5.31. The molecular formula is C6H12N2O. The third kappa shape index (κ3) is 1.68. The van der Waals surface area contributed by atoms with Gasteiger partial charge in [-0.3, -0.25) is 4.79 Å². The van der Waals surface area contributed by atoms with Crippen LogP contribution in [0.25, 0.3) is 0 Å². The van der Waals surface area contributed by atoms with Crippen LogP contribution >= 0.6 is 0 Å². The van der Waals surface area contributed by atoms with E-state index in [0.717, 1.165) is 13.0 Å². The molecule has 3 N–H and O–H groups in total. The summed E-state index contributed by atoms with van der Waals surface area (Å²) in [5.74, 6) is 0.677. The number of nitrogens with one attached hydrogen (secondary N) is 1. The average Bonchev–Trinajstić information content (AvgIpc) is 2.17. The lowest BCUT2D eigenvalue weighted by atomic mass is 10.1. The van der Waals surface area contributed by atoms with Crippen LogP contribution < -0.4 is 11.1 Å². The fourth-order valence-electron chi connectivity index (χ4n) is 1.10. The van der Waals surface area contributed by atoms with Crippen molar-refractivity contribution < 1.29 is 4.79 Å². The second kappa shape index (κ2) is 2.82. The number of hydrogen-bond acceptors (Lipinski definition) is 2. The van der Waals surface area contributed by atoms with Gasteiger partial charge in [0.2, 0.25) is 5.91 Å². The van der Waals surface area contributed by atoms with Crippen LogP contribution in [0.2, 0.25) is 0 Å². The molecule has 9 heavy (non-hydrogen) atoms. The molecule has 1 saturated heterocycles. The van der Waals surface area contributed by atoms with E-state index >= 15 is 0 Å². The Morgan fingerprint density at radius 3 is 3.00 bits per heavy atom. The summed E-state index contributed by atoms with van der Waals surface area (Å²) in [6, 6.07) is 0. The first-order chi connectivity index (χ1) is 4.33. The Hall–Kier alpha value is -0.570. The fraction of sp³-hybridized carbons (Fsp3) is 0.833. The largest absolute Gasteiger partial charge is 0.356 e. The Morgan fingerprint density at radius 2 is 2.56 bits per heavy atom. The molecule has 1 fully saturated rings. The molecule has 1 amide bonds. The Labute approximate surface area is 54.6 Å². The molecule has 0 aromatic carbocycles. The van der Waals surface area contributed by atoms with Gasteiger partial charge in [-0.05, 0) is 18.9 Å². The first kappa shape index (κ1) is 6.55. The SMILES string of the molecule is NCC[C@@H]1CNC(=O)C1. The molecular weight excluding hydrogens is 116 g/mol. The highest BCUT2D eigenvalue weighted by molar-refractivity contribution is 5.78. The molecule has 0 aromatic rings. The van der Waals surface area contributed by atoms with Crippen molar-refractivity contribution in [2.75, 3.05) is 13.1 Å². The van der Waals surface area contributed by atoms with E-state index < -0.39 is 0 Å². The summed E-state index contributed by atoms with van der Waals surface area (Å²) in [6.45, 7) is 1.52. The number of hydrogen-bond donors (Lipinski definition) is 2. The van der Waals surface area contributed by atoms with Gasteiger partial charge in [-0.2, -0.15) is 0 Å². The van der Waals surface area contributed by atoms with Gasteiger partial charge in [0.25, 0.3) is 0 Å². The molecule has 52 valence electrons. The summed E-state index contributed by atoms with van der Waals surface area (Å²) < 4.78 is 0. The van der Waals surface area contributed by atoms with E-state index in [2.05, 4.69) is 5.32 Å². The van der Waals surface area contributed by atoms with E-state index in [0.29, 0.717) is 18.9 Å². The minimum atomic E-state index is 0.174. The Bertz CT molecular complexity index is 114. The van der Waals surface area contributed by atoms with Crippen molar-refractivity contribution in [2.45, 2.75) is 12.8 Å². The maximum atomic E-state index is 10.6. The molecule has 1 atom stereocenters. The molecule has 0 saturated carbocycles. The van der Waals surface area contributed by atoms with E-state index in [1.165, 1.54) is 0 Å². The number of amides is 1. The summed E-state index contributed by atoms with van der Waals surface area (Å²) in [7, 11) is 0. The maximum absolute atomic E-state index is 10.6. The Balaban J connectivity index is 2.22. The van der Waals surface area contributed by atoms with Gasteiger partial charge < -0.3 is 11.1 Å². The van der Waals surface area contributed by atoms with E-state index in [1.54, 1.807) is 0 Å². The summed E-state index contributed by atoms with van der Waals surface area (Å²) >= 11 is 0. The van der Waals surface area contributed by atoms with E-state index in [-0.39, 0.29) is 5.91 Å². The van der Waals surface area contributed by atoms with Crippen LogP contribution in [0.1, 0.15) is 12.8 Å². The second-order valence-corrected chi connectivity index (χ2v) is 2.45. The molecule has 0 unspecified atom stereocenters. The van der Waals surface area contributed by atoms with Crippen molar-refractivity contribution in [2.24, 2.45) is 11.7 Å². The zero-order chi connectivity index (χ0) is 6.69. The topological polar surface area (TPSA) is 55.1 Å². The molecule has 0 radical (unpaired) electrons. The maximum Gasteiger partial charge on any atom is 0.220 e. The number of carbonyl (C=O) groups is 1. The van der Waals surface area contributed by atoms with E-state index in [1.807, 2.05) is 0 Å². The van der Waals surface area contributed by atoms with Crippen molar-refractivity contribution in [1.82, 2.24) is 5.32 Å². The number of rotatable bonds is 2. The number of nitrogens with two attached hydrogens (primary N) is 1. The van der Waals surface area contributed by atoms with Crippen molar-refractivity contribution in [1.29, 1.82) is 0 Å². The molecule has 1 rings (SSSR count). The van der Waals surface area contributed by atoms with Crippen molar-refractivity contribution in [3.8, 4) is 0 Å². The molecule has 3 nitrogen and oxygen atoms in total. The van der Waals surface area contributed by atoms with Gasteiger partial charge in [-0.1, -0.05) is 0 Å². The van der Waals surface area contributed by atoms with Gasteiger partial charge in [0.15, 0.2) is 0 Å². The average molecular weight is 128 g/mol. The fourth-order valence-corrected chi connectivity index (χ4v) is 1.10. The van der Waals surface area contributed by atoms with Gasteiger partial charge in [0.1, 0.15) is 0 Å². The van der Waals surface area contributed by atoms with Crippen molar-refractivity contribution in [3.05, 3.63) is 0 Å². The van der Waals surface area contributed by atoms with E-state index in [4.69, 9.17) is 5.73 Å². The Morgan fingerprint density at radius 1 is 1.78 bits per heavy atom. The zero-order valence-corrected chi connectivity index (χ0v) is 5.39. The minimum absolute atomic E-state index is 0.174. The summed E-state index contributed by atoms with van der Waals surface area (Å²) in [5, 5.41) is 2.76. The molecule has 0 aliphatic carbocycles. The van der Waals surface area contributed by atoms with Crippen molar-refractivity contribution in [3.63, 3.8) is 0 Å². The standard InChI is InChI=1S/C6H12N2O/c7-2-1-5-3-6(9)8-4-5/h5H,1-4,7H2,(H,8,9)/t5-/m0/s1.